The molecule has 0 amide bonds. The molecule has 1 aliphatic rings. The van der Waals surface area contributed by atoms with E-state index in [9.17, 15) is 0 Å². The second kappa shape index (κ2) is 9.60. The molecular weight excluding hydrogens is 397 g/mol. The Morgan fingerprint density at radius 2 is 1.70 bits per heavy atom. The van der Waals surface area contributed by atoms with Crippen molar-refractivity contribution in [3.8, 4) is 0 Å². The van der Waals surface area contributed by atoms with Gasteiger partial charge in [-0.25, -0.2) is 0 Å². The van der Waals surface area contributed by atoms with Gasteiger partial charge in [0, 0.05) is 35.1 Å². The van der Waals surface area contributed by atoms with Crippen molar-refractivity contribution < 1.29 is 9.16 Å². The maximum Gasteiger partial charge on any atom is 0.192 e. The third kappa shape index (κ3) is 5.94. The van der Waals surface area contributed by atoms with Gasteiger partial charge in [0.15, 0.2) is 8.32 Å². The summed E-state index contributed by atoms with van der Waals surface area (Å²) in [5.74, 6) is 0. The quantitative estimate of drug-likeness (QED) is 0.427. The van der Waals surface area contributed by atoms with Crippen LogP contribution in [0.4, 0.5) is 0 Å². The molecule has 1 N–H and O–H groups in total. The first-order valence-corrected chi connectivity index (χ1v) is 13.5. The zero-order chi connectivity index (χ0) is 20.2. The molecule has 1 saturated heterocycles. The summed E-state index contributed by atoms with van der Waals surface area (Å²) in [6.07, 6.45) is 1.22. The van der Waals surface area contributed by atoms with Crippen LogP contribution in [0.25, 0.3) is 0 Å². The van der Waals surface area contributed by atoms with Gasteiger partial charge in [0.05, 0.1) is 17.8 Å². The summed E-state index contributed by atoms with van der Waals surface area (Å²) in [7, 11) is -1.81. The molecule has 0 radical (unpaired) electrons. The molecule has 1 fully saturated rings. The van der Waals surface area contributed by atoms with Crippen LogP contribution in [-0.2, 0) is 9.16 Å². The third-order valence-corrected chi connectivity index (χ3v) is 11.1. The van der Waals surface area contributed by atoms with Crippen LogP contribution >= 0.6 is 23.2 Å². The maximum absolute atomic E-state index is 6.81. The molecule has 154 valence electrons. The van der Waals surface area contributed by atoms with Crippen molar-refractivity contribution in [2.45, 2.75) is 83.9 Å². The third-order valence-electron chi connectivity index (χ3n) is 5.78. The lowest BCUT2D eigenvalue weighted by Crippen LogP contribution is -2.50. The van der Waals surface area contributed by atoms with Crippen molar-refractivity contribution >= 4 is 31.5 Å². The Morgan fingerprint density at radius 1 is 1.19 bits per heavy atom. The number of aryl methyl sites for hydroxylation is 1. The van der Waals surface area contributed by atoms with Gasteiger partial charge in [-0.15, -0.1) is 0 Å². The van der Waals surface area contributed by atoms with Gasteiger partial charge in [-0.3, -0.25) is 0 Å². The van der Waals surface area contributed by atoms with Crippen LogP contribution in [0.1, 0.15) is 58.3 Å². The molecule has 1 heterocycles. The molecule has 27 heavy (non-hydrogen) atoms. The molecule has 1 aromatic carbocycles. The van der Waals surface area contributed by atoms with Crippen molar-refractivity contribution in [2.75, 3.05) is 13.1 Å². The van der Waals surface area contributed by atoms with Crippen LogP contribution < -0.4 is 5.32 Å². The Hall–Kier alpha value is -0.103. The van der Waals surface area contributed by atoms with E-state index in [2.05, 4.69) is 39.9 Å². The molecule has 3 nitrogen and oxygen atoms in total. The molecule has 0 aliphatic carbocycles. The highest BCUT2D eigenvalue weighted by Gasteiger charge is 2.37. The highest BCUT2D eigenvalue weighted by molar-refractivity contribution is 6.73. The number of hydrogen-bond acceptors (Lipinski definition) is 3. The highest BCUT2D eigenvalue weighted by Crippen LogP contribution is 2.37. The fourth-order valence-corrected chi connectivity index (χ4v) is 7.65. The lowest BCUT2D eigenvalue weighted by molar-refractivity contribution is -0.181. The predicted octanol–water partition coefficient (Wildman–Crippen LogP) is 6.52. The predicted molar refractivity (Wildman–Crippen MR) is 119 cm³/mol. The number of rotatable bonds is 10. The Bertz CT molecular complexity index is 595. The standard InChI is InChI=1S/C21H35Cl2NO2Si/c1-7-27(8-2,9-3)26-19(14-24-13-16-12-21(5,6)25-16)20-17(22)10-15(4)11-18(20)23/h10-11,16,19,24H,7-9,12-14H2,1-6H3/t16-,19?/m1/s1. The first-order chi connectivity index (χ1) is 12.6. The van der Waals surface area contributed by atoms with Crippen LogP contribution in [0.2, 0.25) is 28.2 Å². The van der Waals surface area contributed by atoms with Crippen LogP contribution in [0.15, 0.2) is 12.1 Å². The molecule has 0 saturated carbocycles. The van der Waals surface area contributed by atoms with E-state index in [0.29, 0.717) is 16.6 Å². The van der Waals surface area contributed by atoms with Gasteiger partial charge in [0.1, 0.15) is 0 Å². The second-order valence-corrected chi connectivity index (χ2v) is 13.9. The minimum Gasteiger partial charge on any atom is -0.409 e. The smallest absolute Gasteiger partial charge is 0.192 e. The topological polar surface area (TPSA) is 30.5 Å². The number of benzene rings is 1. The Morgan fingerprint density at radius 3 is 2.15 bits per heavy atom. The van der Waals surface area contributed by atoms with Gasteiger partial charge < -0.3 is 14.5 Å². The van der Waals surface area contributed by atoms with Gasteiger partial charge >= 0.3 is 0 Å². The van der Waals surface area contributed by atoms with Crippen LogP contribution in [-0.4, -0.2) is 33.1 Å². The minimum absolute atomic E-state index is 0.0144. The molecule has 6 heteroatoms. The van der Waals surface area contributed by atoms with Gasteiger partial charge in [0.25, 0.3) is 0 Å². The minimum atomic E-state index is -1.81. The number of nitrogens with one attached hydrogen (secondary N) is 1. The molecule has 0 spiro atoms. The Balaban J connectivity index is 2.16. The Kier molecular flexibility index (Phi) is 8.24. The Labute approximate surface area is 176 Å². The lowest BCUT2D eigenvalue weighted by Gasteiger charge is -2.43. The molecule has 0 aromatic heterocycles. The second-order valence-electron chi connectivity index (χ2n) is 8.35. The first kappa shape index (κ1) is 23.2. The van der Waals surface area contributed by atoms with Crippen molar-refractivity contribution in [1.82, 2.24) is 5.32 Å². The average molecular weight is 433 g/mol. The van der Waals surface area contributed by atoms with E-state index in [1.165, 1.54) is 0 Å². The van der Waals surface area contributed by atoms with Crippen molar-refractivity contribution in [3.63, 3.8) is 0 Å². The summed E-state index contributed by atoms with van der Waals surface area (Å²) >= 11 is 13.2. The van der Waals surface area contributed by atoms with E-state index in [1.54, 1.807) is 0 Å². The SMILES string of the molecule is CC[Si](CC)(CC)OC(CNC[C@H]1CC(C)(C)O1)c1c(Cl)cc(C)cc1Cl. The summed E-state index contributed by atoms with van der Waals surface area (Å²) < 4.78 is 12.7. The van der Waals surface area contributed by atoms with Crippen molar-refractivity contribution in [3.05, 3.63) is 33.3 Å². The zero-order valence-electron chi connectivity index (χ0n) is 17.6. The number of halogens is 2. The molecule has 2 rings (SSSR count). The molecule has 1 unspecified atom stereocenters. The van der Waals surface area contributed by atoms with Gasteiger partial charge in [-0.05, 0) is 56.6 Å². The summed E-state index contributed by atoms with van der Waals surface area (Å²) in [5, 5.41) is 4.93. The largest absolute Gasteiger partial charge is 0.409 e. The zero-order valence-corrected chi connectivity index (χ0v) is 20.1. The summed E-state index contributed by atoms with van der Waals surface area (Å²) in [6, 6.07) is 7.24. The van der Waals surface area contributed by atoms with E-state index < -0.39 is 8.32 Å². The number of hydrogen-bond donors (Lipinski definition) is 1. The van der Waals surface area contributed by atoms with E-state index in [1.807, 2.05) is 19.1 Å². The van der Waals surface area contributed by atoms with Gasteiger partial charge in [-0.1, -0.05) is 44.0 Å². The van der Waals surface area contributed by atoms with Crippen molar-refractivity contribution in [1.29, 1.82) is 0 Å². The molecule has 1 aromatic rings. The van der Waals surface area contributed by atoms with Crippen molar-refractivity contribution in [2.24, 2.45) is 0 Å². The first-order valence-electron chi connectivity index (χ1n) is 10.2. The van der Waals surface area contributed by atoms with E-state index in [-0.39, 0.29) is 17.8 Å². The van der Waals surface area contributed by atoms with E-state index in [4.69, 9.17) is 32.4 Å². The average Bonchev–Trinajstić information content (AvgIpc) is 2.56. The molecule has 2 atom stereocenters. The summed E-state index contributed by atoms with van der Waals surface area (Å²) in [4.78, 5) is 0. The fourth-order valence-electron chi connectivity index (χ4n) is 4.00. The highest BCUT2D eigenvalue weighted by atomic mass is 35.5. The normalized spacial score (nSPS) is 20.4. The van der Waals surface area contributed by atoms with E-state index in [0.717, 1.165) is 42.2 Å². The maximum atomic E-state index is 6.81. The van der Waals surface area contributed by atoms with E-state index >= 15 is 0 Å². The fraction of sp³-hybridized carbons (Fsp3) is 0.714. The van der Waals surface area contributed by atoms with Crippen LogP contribution in [0.3, 0.4) is 0 Å². The number of ether oxygens (including phenoxy) is 1. The monoisotopic (exact) mass is 431 g/mol. The summed E-state index contributed by atoms with van der Waals surface area (Å²) in [5.41, 5.74) is 2.00. The molecular formula is C21H35Cl2NO2Si. The van der Waals surface area contributed by atoms with Crippen LogP contribution in [0, 0.1) is 6.92 Å². The van der Waals surface area contributed by atoms with Gasteiger partial charge in [-0.2, -0.15) is 0 Å². The lowest BCUT2D eigenvalue weighted by atomic mass is 9.93. The molecule has 0 bridgehead atoms. The van der Waals surface area contributed by atoms with Crippen LogP contribution in [0.5, 0.6) is 0 Å². The van der Waals surface area contributed by atoms with Gasteiger partial charge in [0.2, 0.25) is 0 Å². The molecule has 1 aliphatic heterocycles. The summed E-state index contributed by atoms with van der Waals surface area (Å²) in [6.45, 7) is 14.5.